The van der Waals surface area contributed by atoms with Crippen LogP contribution in [0.15, 0.2) is 42.5 Å². The number of ether oxygens (including phenoxy) is 1. The van der Waals surface area contributed by atoms with Crippen molar-refractivity contribution in [2.45, 2.75) is 45.6 Å². The van der Waals surface area contributed by atoms with Gasteiger partial charge >= 0.3 is 0 Å². The van der Waals surface area contributed by atoms with Gasteiger partial charge in [0.15, 0.2) is 5.60 Å². The Labute approximate surface area is 170 Å². The Morgan fingerprint density at radius 3 is 2.50 bits per heavy atom. The van der Waals surface area contributed by atoms with Gasteiger partial charge in [-0.25, -0.2) is 0 Å². The van der Waals surface area contributed by atoms with Gasteiger partial charge in [-0.05, 0) is 81.6 Å². The zero-order valence-electron chi connectivity index (χ0n) is 16.4. The maximum atomic E-state index is 12.7. The first-order valence-electron chi connectivity index (χ1n) is 9.43. The Hall–Kier alpha value is -2.53. The summed E-state index contributed by atoms with van der Waals surface area (Å²) < 4.78 is 5.83. The number of halogens is 1. The highest BCUT2D eigenvalue weighted by Gasteiger charge is 2.30. The molecule has 0 spiro atoms. The highest BCUT2D eigenvalue weighted by Crippen LogP contribution is 2.28. The van der Waals surface area contributed by atoms with Gasteiger partial charge in [-0.3, -0.25) is 9.59 Å². The van der Waals surface area contributed by atoms with E-state index in [9.17, 15) is 9.59 Å². The van der Waals surface area contributed by atoms with E-state index in [0.29, 0.717) is 22.9 Å². The molecule has 1 saturated heterocycles. The van der Waals surface area contributed by atoms with Crippen LogP contribution in [0.3, 0.4) is 0 Å². The molecular weight excluding hydrogens is 376 g/mol. The van der Waals surface area contributed by atoms with Crippen LogP contribution in [0.4, 0.5) is 11.4 Å². The van der Waals surface area contributed by atoms with Crippen molar-refractivity contribution in [3.8, 4) is 5.75 Å². The maximum absolute atomic E-state index is 12.7. The second kappa shape index (κ2) is 8.23. The van der Waals surface area contributed by atoms with Gasteiger partial charge in [-0.15, -0.1) is 0 Å². The molecule has 1 fully saturated rings. The number of hydrogen-bond acceptors (Lipinski definition) is 3. The number of anilines is 2. The molecule has 28 heavy (non-hydrogen) atoms. The van der Waals surface area contributed by atoms with Gasteiger partial charge < -0.3 is 15.0 Å². The third kappa shape index (κ3) is 4.65. The molecule has 148 valence electrons. The molecule has 0 saturated carbocycles. The van der Waals surface area contributed by atoms with E-state index in [0.717, 1.165) is 30.6 Å². The third-order valence-electron chi connectivity index (χ3n) is 4.80. The number of benzene rings is 2. The van der Waals surface area contributed by atoms with Gasteiger partial charge in [-0.1, -0.05) is 11.6 Å². The Kier molecular flexibility index (Phi) is 5.94. The summed E-state index contributed by atoms with van der Waals surface area (Å²) in [6, 6.07) is 12.5. The zero-order chi connectivity index (χ0) is 20.3. The molecule has 2 aromatic rings. The molecule has 3 rings (SSSR count). The summed E-state index contributed by atoms with van der Waals surface area (Å²) in [5.74, 6) is 0.465. The van der Waals surface area contributed by atoms with Crippen molar-refractivity contribution in [2.75, 3.05) is 16.8 Å². The largest absolute Gasteiger partial charge is 0.478 e. The second-order valence-electron chi connectivity index (χ2n) is 7.52. The quantitative estimate of drug-likeness (QED) is 0.771. The molecule has 0 aliphatic carbocycles. The highest BCUT2D eigenvalue weighted by molar-refractivity contribution is 6.30. The van der Waals surface area contributed by atoms with Crippen LogP contribution < -0.4 is 15.0 Å². The lowest BCUT2D eigenvalue weighted by Crippen LogP contribution is -2.42. The van der Waals surface area contributed by atoms with E-state index in [1.54, 1.807) is 38.1 Å². The summed E-state index contributed by atoms with van der Waals surface area (Å²) >= 11 is 5.89. The van der Waals surface area contributed by atoms with Crippen molar-refractivity contribution >= 4 is 34.8 Å². The van der Waals surface area contributed by atoms with Crippen LogP contribution >= 0.6 is 11.6 Å². The molecule has 0 aromatic heterocycles. The van der Waals surface area contributed by atoms with E-state index in [1.807, 2.05) is 30.0 Å². The van der Waals surface area contributed by atoms with Crippen molar-refractivity contribution in [2.24, 2.45) is 0 Å². The summed E-state index contributed by atoms with van der Waals surface area (Å²) in [6.07, 6.45) is 2.55. The smallest absolute Gasteiger partial charge is 0.267 e. The first-order chi connectivity index (χ1) is 13.3. The molecule has 1 aliphatic rings. The van der Waals surface area contributed by atoms with Crippen molar-refractivity contribution in [3.63, 3.8) is 0 Å². The maximum Gasteiger partial charge on any atom is 0.267 e. The van der Waals surface area contributed by atoms with Crippen LogP contribution in [-0.4, -0.2) is 24.0 Å². The van der Waals surface area contributed by atoms with Crippen LogP contribution in [0.2, 0.25) is 5.02 Å². The summed E-state index contributed by atoms with van der Waals surface area (Å²) in [6.45, 7) is 6.12. The molecule has 1 aliphatic heterocycles. The Morgan fingerprint density at radius 2 is 1.86 bits per heavy atom. The third-order valence-corrected chi connectivity index (χ3v) is 5.05. The normalized spacial score (nSPS) is 14.7. The van der Waals surface area contributed by atoms with Crippen molar-refractivity contribution in [1.82, 2.24) is 0 Å². The van der Waals surface area contributed by atoms with Gasteiger partial charge in [0.05, 0.1) is 0 Å². The molecule has 2 aromatic carbocycles. The summed E-state index contributed by atoms with van der Waals surface area (Å²) in [5.41, 5.74) is 1.45. The predicted octanol–water partition coefficient (Wildman–Crippen LogP) is 4.96. The molecule has 0 atom stereocenters. The second-order valence-corrected chi connectivity index (χ2v) is 7.96. The van der Waals surface area contributed by atoms with Crippen molar-refractivity contribution in [1.29, 1.82) is 0 Å². The molecular formula is C22H25ClN2O3. The van der Waals surface area contributed by atoms with Crippen LogP contribution in [-0.2, 0) is 9.59 Å². The fourth-order valence-electron chi connectivity index (χ4n) is 3.22. The van der Waals surface area contributed by atoms with E-state index in [-0.39, 0.29) is 11.8 Å². The standard InChI is InChI=1S/C22H25ClN2O3/c1-15-14-17(9-12-19(15)25-13-5-4-6-20(25)26)24-21(27)22(2,3)28-18-10-7-16(23)8-11-18/h7-12,14H,4-6,13H2,1-3H3,(H,24,27). The fourth-order valence-corrected chi connectivity index (χ4v) is 3.35. The number of rotatable bonds is 5. The van der Waals surface area contributed by atoms with Gasteiger partial charge in [-0.2, -0.15) is 0 Å². The predicted molar refractivity (Wildman–Crippen MR) is 112 cm³/mol. The van der Waals surface area contributed by atoms with Gasteiger partial charge in [0.2, 0.25) is 5.91 Å². The minimum atomic E-state index is -1.07. The minimum Gasteiger partial charge on any atom is -0.478 e. The summed E-state index contributed by atoms with van der Waals surface area (Å²) in [4.78, 5) is 26.7. The fraction of sp³-hybridized carbons (Fsp3) is 0.364. The number of carbonyl (C=O) groups excluding carboxylic acids is 2. The number of nitrogens with one attached hydrogen (secondary N) is 1. The molecule has 6 heteroatoms. The molecule has 0 radical (unpaired) electrons. The summed E-state index contributed by atoms with van der Waals surface area (Å²) in [5, 5.41) is 3.51. The number of amides is 2. The first-order valence-corrected chi connectivity index (χ1v) is 9.81. The van der Waals surface area contributed by atoms with Crippen molar-refractivity contribution in [3.05, 3.63) is 53.1 Å². The molecule has 1 N–H and O–H groups in total. The summed E-state index contributed by atoms with van der Waals surface area (Å²) in [7, 11) is 0. The number of nitrogens with zero attached hydrogens (tertiary/aromatic N) is 1. The minimum absolute atomic E-state index is 0.156. The average molecular weight is 401 g/mol. The Bertz CT molecular complexity index is 878. The topological polar surface area (TPSA) is 58.6 Å². The lowest BCUT2D eigenvalue weighted by atomic mass is 10.1. The lowest BCUT2D eigenvalue weighted by molar-refractivity contribution is -0.128. The van der Waals surface area contributed by atoms with E-state index >= 15 is 0 Å². The number of aryl methyl sites for hydroxylation is 1. The molecule has 2 amide bonds. The van der Waals surface area contributed by atoms with E-state index in [4.69, 9.17) is 16.3 Å². The first kappa shape index (κ1) is 20.2. The van der Waals surface area contributed by atoms with E-state index < -0.39 is 5.60 Å². The lowest BCUT2D eigenvalue weighted by Gasteiger charge is -2.29. The van der Waals surface area contributed by atoms with Gasteiger partial charge in [0.1, 0.15) is 5.75 Å². The van der Waals surface area contributed by atoms with E-state index in [2.05, 4.69) is 5.32 Å². The van der Waals surface area contributed by atoms with Crippen LogP contribution in [0, 0.1) is 6.92 Å². The van der Waals surface area contributed by atoms with Crippen LogP contribution in [0.5, 0.6) is 5.75 Å². The zero-order valence-corrected chi connectivity index (χ0v) is 17.2. The highest BCUT2D eigenvalue weighted by atomic mass is 35.5. The Balaban J connectivity index is 1.70. The Morgan fingerprint density at radius 1 is 1.14 bits per heavy atom. The van der Waals surface area contributed by atoms with Gasteiger partial charge in [0.25, 0.3) is 5.91 Å². The van der Waals surface area contributed by atoms with Crippen LogP contribution in [0.25, 0.3) is 0 Å². The SMILES string of the molecule is Cc1cc(NC(=O)C(C)(C)Oc2ccc(Cl)cc2)ccc1N1CCCCC1=O. The van der Waals surface area contributed by atoms with Gasteiger partial charge in [0, 0.05) is 29.4 Å². The molecule has 0 bridgehead atoms. The number of carbonyl (C=O) groups is 2. The van der Waals surface area contributed by atoms with E-state index in [1.165, 1.54) is 0 Å². The number of hydrogen-bond donors (Lipinski definition) is 1. The number of piperidine rings is 1. The molecule has 1 heterocycles. The average Bonchev–Trinajstić information content (AvgIpc) is 2.64. The molecule has 5 nitrogen and oxygen atoms in total. The van der Waals surface area contributed by atoms with Crippen LogP contribution in [0.1, 0.15) is 38.7 Å². The monoisotopic (exact) mass is 400 g/mol. The molecule has 0 unspecified atom stereocenters. The van der Waals surface area contributed by atoms with Crippen molar-refractivity contribution < 1.29 is 14.3 Å².